The largest absolute Gasteiger partial charge is 0.300 e. The molecule has 0 radical (unpaired) electrons. The van der Waals surface area contributed by atoms with Crippen molar-refractivity contribution in [2.75, 3.05) is 0 Å². The Kier molecular flexibility index (Phi) is 4.09. The highest BCUT2D eigenvalue weighted by atomic mass is 32.2. The van der Waals surface area contributed by atoms with Crippen LogP contribution in [-0.4, -0.2) is 21.3 Å². The topological polar surface area (TPSA) is 70.1 Å². The van der Waals surface area contributed by atoms with E-state index in [9.17, 15) is 4.79 Å². The zero-order valence-corrected chi connectivity index (χ0v) is 14.3. The molecule has 6 heteroatoms. The third-order valence-corrected chi connectivity index (χ3v) is 4.61. The number of nitrogens with zero attached hydrogens (tertiary/aromatic N) is 2. The number of aryl methyl sites for hydroxylation is 4. The summed E-state index contributed by atoms with van der Waals surface area (Å²) in [5, 5.41) is 10.5. The molecule has 0 atom stereocenters. The van der Waals surface area contributed by atoms with Gasteiger partial charge in [-0.1, -0.05) is 12.1 Å². The van der Waals surface area contributed by atoms with Crippen LogP contribution in [0.25, 0.3) is 6.08 Å². The van der Waals surface area contributed by atoms with Crippen LogP contribution in [-0.2, 0) is 4.79 Å². The Morgan fingerprint density at radius 2 is 2.00 bits per heavy atom. The van der Waals surface area contributed by atoms with Crippen LogP contribution in [0, 0.1) is 27.7 Å². The van der Waals surface area contributed by atoms with Crippen molar-refractivity contribution in [2.45, 2.75) is 27.7 Å². The summed E-state index contributed by atoms with van der Waals surface area (Å²) in [7, 11) is 0. The number of amides is 1. The van der Waals surface area contributed by atoms with Gasteiger partial charge in [-0.15, -0.1) is 0 Å². The van der Waals surface area contributed by atoms with Gasteiger partial charge in [-0.3, -0.25) is 9.89 Å². The number of hydrogen-bond acceptors (Lipinski definition) is 4. The van der Waals surface area contributed by atoms with Gasteiger partial charge >= 0.3 is 0 Å². The molecule has 0 aliphatic carbocycles. The molecular formula is C17H18N4OS. The van der Waals surface area contributed by atoms with Gasteiger partial charge in [-0.05, 0) is 62.7 Å². The predicted molar refractivity (Wildman–Crippen MR) is 94.8 cm³/mol. The molecule has 1 amide bonds. The number of benzene rings is 1. The van der Waals surface area contributed by atoms with Crippen LogP contribution >= 0.6 is 11.8 Å². The van der Waals surface area contributed by atoms with Crippen molar-refractivity contribution < 1.29 is 4.79 Å². The minimum absolute atomic E-state index is 0.126. The maximum atomic E-state index is 12.2. The molecule has 2 heterocycles. The second-order valence-electron chi connectivity index (χ2n) is 5.62. The molecule has 1 fully saturated rings. The molecule has 2 aromatic rings. The molecule has 23 heavy (non-hydrogen) atoms. The lowest BCUT2D eigenvalue weighted by Gasteiger charge is -2.02. The molecule has 118 valence electrons. The van der Waals surface area contributed by atoms with Crippen molar-refractivity contribution in [1.82, 2.24) is 15.5 Å². The summed E-state index contributed by atoms with van der Waals surface area (Å²) in [4.78, 5) is 17.4. The lowest BCUT2D eigenvalue weighted by molar-refractivity contribution is -0.115. The molecule has 0 saturated carbocycles. The fraction of sp³-hybridized carbons (Fsp3) is 0.235. The number of aliphatic imine (C=N–C) groups is 1. The quantitative estimate of drug-likeness (QED) is 0.829. The number of nitrogens with one attached hydrogen (secondary N) is 2. The van der Waals surface area contributed by atoms with Gasteiger partial charge in [0, 0.05) is 11.3 Å². The summed E-state index contributed by atoms with van der Waals surface area (Å²) < 4.78 is 0. The Hall–Kier alpha value is -2.34. The minimum Gasteiger partial charge on any atom is -0.300 e. The first-order valence-electron chi connectivity index (χ1n) is 7.32. The Bertz CT molecular complexity index is 829. The van der Waals surface area contributed by atoms with E-state index in [1.54, 1.807) is 0 Å². The molecule has 3 rings (SSSR count). The highest BCUT2D eigenvalue weighted by Gasteiger charge is 2.24. The molecule has 1 aliphatic heterocycles. The van der Waals surface area contributed by atoms with E-state index in [4.69, 9.17) is 0 Å². The van der Waals surface area contributed by atoms with Crippen LogP contribution in [0.1, 0.15) is 28.1 Å². The predicted octanol–water partition coefficient (Wildman–Crippen LogP) is 3.53. The van der Waals surface area contributed by atoms with Crippen molar-refractivity contribution in [2.24, 2.45) is 4.99 Å². The minimum atomic E-state index is -0.126. The Labute approximate surface area is 139 Å². The van der Waals surface area contributed by atoms with Crippen molar-refractivity contribution >= 4 is 34.6 Å². The van der Waals surface area contributed by atoms with E-state index in [0.29, 0.717) is 10.1 Å². The first kappa shape index (κ1) is 15.6. The fourth-order valence-corrected chi connectivity index (χ4v) is 3.15. The lowest BCUT2D eigenvalue weighted by atomic mass is 10.1. The first-order valence-corrected chi connectivity index (χ1v) is 8.14. The summed E-state index contributed by atoms with van der Waals surface area (Å²) in [6, 6.07) is 6.10. The first-order chi connectivity index (χ1) is 10.9. The normalized spacial score (nSPS) is 18.0. The molecule has 0 spiro atoms. The average molecular weight is 326 g/mol. The zero-order chi connectivity index (χ0) is 16.6. The van der Waals surface area contributed by atoms with Crippen molar-refractivity contribution in [3.05, 3.63) is 51.2 Å². The number of thioether (sulfide) groups is 1. The molecule has 0 unspecified atom stereocenters. The highest BCUT2D eigenvalue weighted by Crippen LogP contribution is 2.30. The maximum Gasteiger partial charge on any atom is 0.264 e. The van der Waals surface area contributed by atoms with Gasteiger partial charge < -0.3 is 5.32 Å². The maximum absolute atomic E-state index is 12.2. The van der Waals surface area contributed by atoms with Crippen molar-refractivity contribution in [3.63, 3.8) is 0 Å². The Morgan fingerprint density at radius 1 is 1.22 bits per heavy atom. The smallest absolute Gasteiger partial charge is 0.264 e. The molecule has 1 aromatic carbocycles. The summed E-state index contributed by atoms with van der Waals surface area (Å²) >= 11 is 1.35. The van der Waals surface area contributed by atoms with Crippen LogP contribution < -0.4 is 5.32 Å². The van der Waals surface area contributed by atoms with E-state index >= 15 is 0 Å². The molecule has 5 nitrogen and oxygen atoms in total. The summed E-state index contributed by atoms with van der Waals surface area (Å²) in [5.41, 5.74) is 5.88. The van der Waals surface area contributed by atoms with Gasteiger partial charge in [0.25, 0.3) is 5.91 Å². The summed E-state index contributed by atoms with van der Waals surface area (Å²) in [5.74, 6) is -0.126. The lowest BCUT2D eigenvalue weighted by Crippen LogP contribution is -2.19. The second-order valence-corrected chi connectivity index (χ2v) is 6.65. The number of rotatable bonds is 2. The third-order valence-electron chi connectivity index (χ3n) is 3.70. The van der Waals surface area contributed by atoms with E-state index < -0.39 is 0 Å². The number of H-pyrrole nitrogens is 1. The van der Waals surface area contributed by atoms with Crippen LogP contribution in [0.15, 0.2) is 28.1 Å². The van der Waals surface area contributed by atoms with Gasteiger partial charge in [0.15, 0.2) is 5.17 Å². The van der Waals surface area contributed by atoms with Crippen LogP contribution in [0.5, 0.6) is 0 Å². The molecular weight excluding hydrogens is 308 g/mol. The third kappa shape index (κ3) is 3.22. The van der Waals surface area contributed by atoms with E-state index in [0.717, 1.165) is 33.8 Å². The Morgan fingerprint density at radius 3 is 2.70 bits per heavy atom. The average Bonchev–Trinajstić information content (AvgIpc) is 3.00. The Balaban J connectivity index is 1.91. The zero-order valence-electron chi connectivity index (χ0n) is 13.5. The van der Waals surface area contributed by atoms with Crippen LogP contribution in [0.2, 0.25) is 0 Å². The summed E-state index contributed by atoms with van der Waals surface area (Å²) in [6.07, 6.45) is 1.86. The van der Waals surface area contributed by atoms with Gasteiger partial charge in [-0.2, -0.15) is 5.10 Å². The van der Waals surface area contributed by atoms with E-state index in [-0.39, 0.29) is 5.91 Å². The molecule has 1 saturated heterocycles. The van der Waals surface area contributed by atoms with E-state index in [1.807, 2.05) is 45.9 Å². The van der Waals surface area contributed by atoms with Crippen LogP contribution in [0.4, 0.5) is 5.69 Å². The van der Waals surface area contributed by atoms with Gasteiger partial charge in [0.05, 0.1) is 16.3 Å². The van der Waals surface area contributed by atoms with Gasteiger partial charge in [0.2, 0.25) is 0 Å². The standard InChI is InChI=1S/C17H18N4OS/c1-9-5-6-10(2)14(7-9)18-17-19-16(22)15(23-17)8-13-11(3)20-21-12(13)4/h5-8H,1-4H3,(H,20,21)(H,18,19,22). The monoisotopic (exact) mass is 326 g/mol. The number of carbonyl (C=O) groups excluding carboxylic acids is 1. The van der Waals surface area contributed by atoms with Crippen molar-refractivity contribution in [1.29, 1.82) is 0 Å². The summed E-state index contributed by atoms with van der Waals surface area (Å²) in [6.45, 7) is 7.89. The second kappa shape index (κ2) is 6.04. The van der Waals surface area contributed by atoms with Crippen LogP contribution in [0.3, 0.4) is 0 Å². The number of carbonyl (C=O) groups is 1. The van der Waals surface area contributed by atoms with Gasteiger partial charge in [-0.25, -0.2) is 4.99 Å². The number of aromatic nitrogens is 2. The van der Waals surface area contributed by atoms with Gasteiger partial charge in [0.1, 0.15) is 0 Å². The number of hydrogen-bond donors (Lipinski definition) is 2. The number of aromatic amines is 1. The molecule has 2 N–H and O–H groups in total. The highest BCUT2D eigenvalue weighted by molar-refractivity contribution is 8.18. The van der Waals surface area contributed by atoms with Crippen molar-refractivity contribution in [3.8, 4) is 0 Å². The molecule has 1 aromatic heterocycles. The molecule has 1 aliphatic rings. The number of amidine groups is 1. The van der Waals surface area contributed by atoms with E-state index in [2.05, 4.69) is 26.6 Å². The SMILES string of the molecule is Cc1ccc(C)c(N=C2NC(=O)C(=Cc3c(C)n[nH]c3C)S2)c1. The fourth-order valence-electron chi connectivity index (χ4n) is 2.33. The molecule has 0 bridgehead atoms. The van der Waals surface area contributed by atoms with E-state index in [1.165, 1.54) is 11.8 Å².